The molecule has 0 bridgehead atoms. The molecule has 0 saturated heterocycles. The first kappa shape index (κ1) is 17.4. The number of hydrogen-bond donors (Lipinski definition) is 2. The first-order chi connectivity index (χ1) is 8.11. The summed E-state index contributed by atoms with van der Waals surface area (Å²) in [5.74, 6) is 0.168. The van der Waals surface area contributed by atoms with Crippen LogP contribution in [0.15, 0.2) is 0 Å². The van der Waals surface area contributed by atoms with Gasteiger partial charge in [-0.3, -0.25) is 4.79 Å². The van der Waals surface area contributed by atoms with Crippen LogP contribution in [-0.4, -0.2) is 23.7 Å². The zero-order valence-corrected chi connectivity index (χ0v) is 13.0. The molecule has 0 aromatic heterocycles. The number of aliphatic carboxylic acids is 1. The van der Waals surface area contributed by atoms with Gasteiger partial charge in [-0.15, -0.1) is 0 Å². The van der Waals surface area contributed by atoms with Gasteiger partial charge in [0.2, 0.25) is 0 Å². The second kappa shape index (κ2) is 7.13. The summed E-state index contributed by atoms with van der Waals surface area (Å²) in [6, 6.07) is 0. The van der Waals surface area contributed by atoms with Crippen molar-refractivity contribution in [2.45, 2.75) is 72.3 Å². The Morgan fingerprint density at radius 2 is 1.50 bits per heavy atom. The smallest absolute Gasteiger partial charge is 0.323 e. The van der Waals surface area contributed by atoms with Gasteiger partial charge in [-0.05, 0) is 45.1 Å². The molecule has 2 N–H and O–H groups in total. The van der Waals surface area contributed by atoms with Crippen LogP contribution in [-0.2, 0) is 4.79 Å². The molecule has 0 spiro atoms. The van der Waals surface area contributed by atoms with Gasteiger partial charge in [0.25, 0.3) is 0 Å². The predicted octanol–water partition coefficient (Wildman–Crippen LogP) is 3.68. The third kappa shape index (κ3) is 6.39. The standard InChI is InChI=1S/C10H20.C5H11NO2/c1-10(2,3)9-7-5-4-6-8-9;1-5(2,6-3)4(7)8/h9H,4-8H2,1-3H3;6H,1-3H3,(H,7,8). The van der Waals surface area contributed by atoms with Crippen LogP contribution in [0, 0.1) is 11.3 Å². The fourth-order valence-corrected chi connectivity index (χ4v) is 2.08. The van der Waals surface area contributed by atoms with Crippen molar-refractivity contribution in [3.63, 3.8) is 0 Å². The van der Waals surface area contributed by atoms with E-state index in [0.717, 1.165) is 5.92 Å². The lowest BCUT2D eigenvalue weighted by molar-refractivity contribution is -0.143. The van der Waals surface area contributed by atoms with Gasteiger partial charge >= 0.3 is 5.97 Å². The largest absolute Gasteiger partial charge is 0.480 e. The molecule has 0 amide bonds. The van der Waals surface area contributed by atoms with Crippen molar-refractivity contribution >= 4 is 5.97 Å². The van der Waals surface area contributed by atoms with Gasteiger partial charge < -0.3 is 10.4 Å². The molecule has 1 rings (SSSR count). The summed E-state index contributed by atoms with van der Waals surface area (Å²) < 4.78 is 0. The fourth-order valence-electron chi connectivity index (χ4n) is 2.08. The van der Waals surface area contributed by atoms with Crippen LogP contribution in [0.5, 0.6) is 0 Å². The lowest BCUT2D eigenvalue weighted by Gasteiger charge is -2.33. The highest BCUT2D eigenvalue weighted by atomic mass is 16.4. The molecule has 0 aromatic carbocycles. The molecule has 1 aliphatic carbocycles. The van der Waals surface area contributed by atoms with Crippen LogP contribution < -0.4 is 5.32 Å². The number of nitrogens with one attached hydrogen (secondary N) is 1. The van der Waals surface area contributed by atoms with E-state index in [1.165, 1.54) is 32.1 Å². The summed E-state index contributed by atoms with van der Waals surface area (Å²) >= 11 is 0. The van der Waals surface area contributed by atoms with Crippen LogP contribution >= 0.6 is 0 Å². The molecule has 1 fully saturated rings. The Bertz CT molecular complexity index is 248. The Kier molecular flexibility index (Phi) is 6.90. The molecule has 18 heavy (non-hydrogen) atoms. The minimum atomic E-state index is -0.833. The zero-order valence-electron chi connectivity index (χ0n) is 13.0. The average molecular weight is 257 g/mol. The molecule has 3 nitrogen and oxygen atoms in total. The van der Waals surface area contributed by atoms with Gasteiger partial charge in [-0.1, -0.05) is 40.0 Å². The number of likely N-dealkylation sites (N-methyl/N-ethyl adjacent to an activating group) is 1. The molecule has 0 atom stereocenters. The van der Waals surface area contributed by atoms with E-state index in [1.54, 1.807) is 20.9 Å². The number of carboxylic acid groups (broad SMARTS) is 1. The van der Waals surface area contributed by atoms with Crippen molar-refractivity contribution in [2.75, 3.05) is 7.05 Å². The van der Waals surface area contributed by atoms with Crippen LogP contribution in [0.25, 0.3) is 0 Å². The Labute approximate surface area is 112 Å². The van der Waals surface area contributed by atoms with Crippen molar-refractivity contribution in [3.8, 4) is 0 Å². The lowest BCUT2D eigenvalue weighted by Crippen LogP contribution is -2.44. The monoisotopic (exact) mass is 257 g/mol. The van der Waals surface area contributed by atoms with Crippen molar-refractivity contribution in [1.82, 2.24) is 5.32 Å². The van der Waals surface area contributed by atoms with E-state index in [-0.39, 0.29) is 0 Å². The third-order valence-corrected chi connectivity index (χ3v) is 3.99. The van der Waals surface area contributed by atoms with E-state index in [9.17, 15) is 4.79 Å². The number of hydrogen-bond acceptors (Lipinski definition) is 2. The highest BCUT2D eigenvalue weighted by molar-refractivity contribution is 5.77. The van der Waals surface area contributed by atoms with Gasteiger partial charge in [-0.25, -0.2) is 0 Å². The molecular weight excluding hydrogens is 226 g/mol. The normalized spacial score (nSPS) is 17.9. The van der Waals surface area contributed by atoms with Gasteiger partial charge in [-0.2, -0.15) is 0 Å². The van der Waals surface area contributed by atoms with Crippen LogP contribution in [0.3, 0.4) is 0 Å². The Hall–Kier alpha value is -0.570. The molecule has 0 radical (unpaired) electrons. The van der Waals surface area contributed by atoms with E-state index in [4.69, 9.17) is 5.11 Å². The third-order valence-electron chi connectivity index (χ3n) is 3.99. The SMILES string of the molecule is CC(C)(C)C1CCCCC1.CNC(C)(C)C(=O)O. The van der Waals surface area contributed by atoms with Crippen molar-refractivity contribution in [1.29, 1.82) is 0 Å². The number of rotatable bonds is 2. The van der Waals surface area contributed by atoms with Crippen molar-refractivity contribution in [3.05, 3.63) is 0 Å². The summed E-state index contributed by atoms with van der Waals surface area (Å²) in [5.41, 5.74) is -0.222. The molecule has 0 aromatic rings. The second-order valence-electron chi connectivity index (χ2n) is 6.88. The van der Waals surface area contributed by atoms with E-state index in [0.29, 0.717) is 5.41 Å². The molecule has 1 aliphatic rings. The van der Waals surface area contributed by atoms with Gasteiger partial charge in [0, 0.05) is 0 Å². The fraction of sp³-hybridized carbons (Fsp3) is 0.933. The first-order valence-electron chi connectivity index (χ1n) is 7.03. The maximum atomic E-state index is 10.2. The minimum Gasteiger partial charge on any atom is -0.480 e. The summed E-state index contributed by atoms with van der Waals surface area (Å²) in [5, 5.41) is 11.0. The van der Waals surface area contributed by atoms with Crippen molar-refractivity contribution in [2.24, 2.45) is 11.3 Å². The highest BCUT2D eigenvalue weighted by Gasteiger charge is 2.25. The quantitative estimate of drug-likeness (QED) is 0.793. The maximum Gasteiger partial charge on any atom is 0.323 e. The van der Waals surface area contributed by atoms with Crippen LogP contribution in [0.1, 0.15) is 66.7 Å². The van der Waals surface area contributed by atoms with E-state index in [1.807, 2.05) is 0 Å². The van der Waals surface area contributed by atoms with Gasteiger partial charge in [0.1, 0.15) is 5.54 Å². The van der Waals surface area contributed by atoms with Crippen LogP contribution in [0.4, 0.5) is 0 Å². The molecule has 0 heterocycles. The maximum absolute atomic E-state index is 10.2. The first-order valence-corrected chi connectivity index (χ1v) is 7.03. The highest BCUT2D eigenvalue weighted by Crippen LogP contribution is 2.37. The van der Waals surface area contributed by atoms with E-state index in [2.05, 4.69) is 26.1 Å². The van der Waals surface area contributed by atoms with Crippen molar-refractivity contribution < 1.29 is 9.90 Å². The average Bonchev–Trinajstić information content (AvgIpc) is 2.30. The molecule has 0 unspecified atom stereocenters. The van der Waals surface area contributed by atoms with Gasteiger partial charge in [0.15, 0.2) is 0 Å². The molecular formula is C15H31NO2. The van der Waals surface area contributed by atoms with Gasteiger partial charge in [0.05, 0.1) is 0 Å². The second-order valence-corrected chi connectivity index (χ2v) is 6.88. The Morgan fingerprint density at radius 1 is 1.06 bits per heavy atom. The molecule has 0 aliphatic heterocycles. The topological polar surface area (TPSA) is 49.3 Å². The summed E-state index contributed by atoms with van der Waals surface area (Å²) in [6.45, 7) is 10.3. The summed E-state index contributed by atoms with van der Waals surface area (Å²) in [4.78, 5) is 10.2. The lowest BCUT2D eigenvalue weighted by atomic mass is 9.72. The molecule has 1 saturated carbocycles. The summed E-state index contributed by atoms with van der Waals surface area (Å²) in [7, 11) is 1.62. The van der Waals surface area contributed by atoms with E-state index < -0.39 is 11.5 Å². The minimum absolute atomic E-state index is 0.570. The zero-order chi connectivity index (χ0) is 14.4. The number of carboxylic acids is 1. The molecule has 108 valence electrons. The number of carbonyl (C=O) groups is 1. The van der Waals surface area contributed by atoms with E-state index >= 15 is 0 Å². The Balaban J connectivity index is 0.000000331. The Morgan fingerprint density at radius 3 is 1.67 bits per heavy atom. The van der Waals surface area contributed by atoms with Crippen LogP contribution in [0.2, 0.25) is 0 Å². The predicted molar refractivity (Wildman–Crippen MR) is 76.8 cm³/mol. The molecule has 3 heteroatoms. The summed E-state index contributed by atoms with van der Waals surface area (Å²) in [6.07, 6.45) is 7.38.